The summed E-state index contributed by atoms with van der Waals surface area (Å²) in [6.45, 7) is 0. The summed E-state index contributed by atoms with van der Waals surface area (Å²) in [7, 11) is 0. The number of anilines is 2. The Balaban J connectivity index is 1.07. The van der Waals surface area contributed by atoms with Gasteiger partial charge >= 0.3 is 0 Å². The number of rotatable bonds is 8. The van der Waals surface area contributed by atoms with E-state index in [0.29, 0.717) is 43.0 Å². The van der Waals surface area contributed by atoms with Crippen molar-refractivity contribution in [1.29, 1.82) is 0 Å². The number of aromatic hydroxyl groups is 2. The third-order valence-electron chi connectivity index (χ3n) is 10.3. The molecule has 8 aromatic carbocycles. The number of carbonyl (C=O) groups is 4. The largest absolute Gasteiger partial charge is 0.505 e. The van der Waals surface area contributed by atoms with Gasteiger partial charge in [-0.15, -0.1) is 20.5 Å². The van der Waals surface area contributed by atoms with Crippen molar-refractivity contribution in [3.63, 3.8) is 0 Å². The van der Waals surface area contributed by atoms with E-state index in [-0.39, 0.29) is 56.1 Å². The highest BCUT2D eigenvalue weighted by atomic mass is 35.5. The van der Waals surface area contributed by atoms with E-state index in [4.69, 9.17) is 23.2 Å². The number of halogens is 2. The normalized spacial score (nSPS) is 12.2. The molecule has 0 heterocycles. The molecule has 0 aliphatic heterocycles. The highest BCUT2D eigenvalue weighted by Gasteiger charge is 2.34. The molecule has 2 amide bonds. The molecule has 12 nitrogen and oxygen atoms in total. The van der Waals surface area contributed by atoms with Gasteiger partial charge in [0.25, 0.3) is 11.8 Å². The summed E-state index contributed by atoms with van der Waals surface area (Å²) < 4.78 is 0. The zero-order valence-corrected chi connectivity index (χ0v) is 33.4. The first kappa shape index (κ1) is 39.4. The van der Waals surface area contributed by atoms with Gasteiger partial charge in [-0.2, -0.15) is 0 Å². The third kappa shape index (κ3) is 7.08. The number of amides is 2. The Labute approximate surface area is 361 Å². The minimum atomic E-state index is -0.643. The van der Waals surface area contributed by atoms with Crippen molar-refractivity contribution in [3.05, 3.63) is 189 Å². The van der Waals surface area contributed by atoms with E-state index in [0.717, 1.165) is 0 Å². The van der Waals surface area contributed by atoms with Gasteiger partial charge in [-0.3, -0.25) is 19.2 Å². The van der Waals surface area contributed by atoms with Crippen LogP contribution in [0.4, 0.5) is 34.1 Å². The molecule has 0 fully saturated rings. The standard InChI is InChI=1S/C48H28Cl2N6O6/c49-33-17-5-7-19-35(33)51-47(61)31-23-25-11-1-3-13-27(25)41(45(31)59)55-53-37-21-9-15-29-39(37)43(57)30-16-10-22-38(40(30)44(29)58)54-56-42-28-14-4-2-12-26(28)24-32(46(42)60)48(62)52-36-20-8-6-18-34(36)50/h1-24,59-60H,(H,51,61)(H,52,62). The summed E-state index contributed by atoms with van der Waals surface area (Å²) in [6, 6.07) is 39.4. The number of benzene rings is 8. The number of hydrogen-bond donors (Lipinski definition) is 4. The molecule has 0 saturated heterocycles. The monoisotopic (exact) mass is 854 g/mol. The molecule has 1 aliphatic carbocycles. The molecule has 0 radical (unpaired) electrons. The lowest BCUT2D eigenvalue weighted by molar-refractivity contribution is 0.0980. The summed E-state index contributed by atoms with van der Waals surface area (Å²) in [5.74, 6) is -3.31. The van der Waals surface area contributed by atoms with E-state index < -0.39 is 34.9 Å². The molecule has 1 aliphatic rings. The molecule has 0 atom stereocenters. The van der Waals surface area contributed by atoms with Gasteiger partial charge < -0.3 is 20.8 Å². The lowest BCUT2D eigenvalue weighted by Gasteiger charge is -2.19. The number of azo groups is 2. The Kier molecular flexibility index (Phi) is 10.3. The van der Waals surface area contributed by atoms with Gasteiger partial charge in [0.15, 0.2) is 23.1 Å². The highest BCUT2D eigenvalue weighted by molar-refractivity contribution is 6.34. The van der Waals surface area contributed by atoms with Gasteiger partial charge in [-0.25, -0.2) is 0 Å². The summed E-state index contributed by atoms with van der Waals surface area (Å²) in [6.07, 6.45) is 0. The van der Waals surface area contributed by atoms with Crippen LogP contribution in [0.15, 0.2) is 166 Å². The van der Waals surface area contributed by atoms with Crippen LogP contribution in [0.25, 0.3) is 21.5 Å². The predicted octanol–water partition coefficient (Wildman–Crippen LogP) is 12.8. The van der Waals surface area contributed by atoms with E-state index in [1.54, 1.807) is 109 Å². The van der Waals surface area contributed by atoms with Crippen molar-refractivity contribution < 1.29 is 29.4 Å². The topological polar surface area (TPSA) is 182 Å². The molecule has 62 heavy (non-hydrogen) atoms. The second kappa shape index (κ2) is 16.2. The number of ketones is 2. The summed E-state index contributed by atoms with van der Waals surface area (Å²) in [5.41, 5.74) is 0.486. The Hall–Kier alpha value is -8.06. The molecule has 0 bridgehead atoms. The molecule has 300 valence electrons. The smallest absolute Gasteiger partial charge is 0.259 e. The first-order valence-electron chi connectivity index (χ1n) is 18.9. The summed E-state index contributed by atoms with van der Waals surface area (Å²) in [5, 5.41) is 48.6. The molecule has 8 aromatic rings. The van der Waals surface area contributed by atoms with Crippen LogP contribution in [0.2, 0.25) is 10.0 Å². The van der Waals surface area contributed by atoms with Crippen LogP contribution in [0.3, 0.4) is 0 Å². The van der Waals surface area contributed by atoms with Crippen molar-refractivity contribution >= 4 is 102 Å². The van der Waals surface area contributed by atoms with Crippen LogP contribution in [0, 0.1) is 0 Å². The average Bonchev–Trinajstić information content (AvgIpc) is 3.28. The van der Waals surface area contributed by atoms with Gasteiger partial charge in [0, 0.05) is 21.9 Å². The Morgan fingerprint density at radius 3 is 1.27 bits per heavy atom. The fourth-order valence-electron chi connectivity index (χ4n) is 7.27. The summed E-state index contributed by atoms with van der Waals surface area (Å²) in [4.78, 5) is 55.6. The lowest BCUT2D eigenvalue weighted by atomic mass is 9.82. The van der Waals surface area contributed by atoms with Crippen molar-refractivity contribution in [2.75, 3.05) is 10.6 Å². The lowest BCUT2D eigenvalue weighted by Crippen LogP contribution is -2.21. The maximum atomic E-state index is 14.3. The number of phenolic OH excluding ortho intramolecular Hbond substituents is 2. The number of nitrogens with zero attached hydrogens (tertiary/aromatic N) is 4. The molecular weight excluding hydrogens is 827 g/mol. The highest BCUT2D eigenvalue weighted by Crippen LogP contribution is 2.44. The van der Waals surface area contributed by atoms with Crippen molar-refractivity contribution in [2.45, 2.75) is 0 Å². The summed E-state index contributed by atoms with van der Waals surface area (Å²) >= 11 is 12.5. The molecule has 0 unspecified atom stereocenters. The Morgan fingerprint density at radius 1 is 0.468 bits per heavy atom. The quantitative estimate of drug-likeness (QED) is 0.110. The first-order valence-corrected chi connectivity index (χ1v) is 19.6. The fourth-order valence-corrected chi connectivity index (χ4v) is 7.63. The van der Waals surface area contributed by atoms with E-state index >= 15 is 0 Å². The second-order valence-corrected chi connectivity index (χ2v) is 14.8. The molecule has 9 rings (SSSR count). The van der Waals surface area contributed by atoms with E-state index in [1.807, 2.05) is 0 Å². The van der Waals surface area contributed by atoms with Gasteiger partial charge in [0.1, 0.15) is 11.4 Å². The Morgan fingerprint density at radius 2 is 0.855 bits per heavy atom. The molecule has 0 spiro atoms. The van der Waals surface area contributed by atoms with Gasteiger partial charge in [0.05, 0.1) is 55.0 Å². The molecule has 0 aromatic heterocycles. The van der Waals surface area contributed by atoms with E-state index in [2.05, 4.69) is 31.1 Å². The van der Waals surface area contributed by atoms with E-state index in [1.165, 1.54) is 36.4 Å². The number of fused-ring (bicyclic) bond motifs is 4. The number of phenols is 2. The van der Waals surface area contributed by atoms with Crippen LogP contribution >= 0.6 is 23.2 Å². The van der Waals surface area contributed by atoms with Crippen molar-refractivity contribution in [3.8, 4) is 11.5 Å². The zero-order valence-electron chi connectivity index (χ0n) is 31.9. The van der Waals surface area contributed by atoms with Gasteiger partial charge in [-0.1, -0.05) is 120 Å². The number of carbonyl (C=O) groups excluding carboxylic acids is 4. The van der Waals surface area contributed by atoms with Crippen molar-refractivity contribution in [1.82, 2.24) is 0 Å². The Bertz CT molecular complexity index is 3080. The maximum absolute atomic E-state index is 14.3. The molecule has 0 saturated carbocycles. The molecule has 14 heteroatoms. The SMILES string of the molecule is O=C(Nc1ccccc1Cl)c1cc2ccccc2c(N=Nc2cccc3c2C(=O)c2cccc(N=Nc4c(O)c(C(=O)Nc5ccccc5Cl)cc5ccccc45)c2C3=O)c1O. The van der Waals surface area contributed by atoms with Crippen LogP contribution in [0.1, 0.15) is 52.6 Å². The van der Waals surface area contributed by atoms with Crippen LogP contribution in [-0.2, 0) is 0 Å². The number of nitrogens with one attached hydrogen (secondary N) is 2. The second-order valence-electron chi connectivity index (χ2n) is 14.0. The number of hydrogen-bond acceptors (Lipinski definition) is 10. The van der Waals surface area contributed by atoms with Gasteiger partial charge in [-0.05, 0) is 59.3 Å². The molecular formula is C48H28Cl2N6O6. The van der Waals surface area contributed by atoms with Crippen LogP contribution < -0.4 is 10.6 Å². The van der Waals surface area contributed by atoms with E-state index in [9.17, 15) is 29.4 Å². The molecule has 4 N–H and O–H groups in total. The first-order chi connectivity index (χ1) is 30.1. The minimum Gasteiger partial charge on any atom is -0.505 e. The third-order valence-corrected chi connectivity index (χ3v) is 10.9. The van der Waals surface area contributed by atoms with Crippen LogP contribution in [0.5, 0.6) is 11.5 Å². The zero-order chi connectivity index (χ0) is 43.1. The van der Waals surface area contributed by atoms with Gasteiger partial charge in [0.2, 0.25) is 0 Å². The predicted molar refractivity (Wildman–Crippen MR) is 238 cm³/mol. The number of para-hydroxylation sites is 2. The van der Waals surface area contributed by atoms with Crippen molar-refractivity contribution in [2.24, 2.45) is 20.5 Å². The maximum Gasteiger partial charge on any atom is 0.259 e. The average molecular weight is 856 g/mol. The minimum absolute atomic E-state index is 0.0232. The van der Waals surface area contributed by atoms with Crippen LogP contribution in [-0.4, -0.2) is 33.6 Å². The fraction of sp³-hybridized carbons (Fsp3) is 0.